The first-order valence-electron chi connectivity index (χ1n) is 9.15. The highest BCUT2D eigenvalue weighted by Crippen LogP contribution is 2.22. The molecule has 0 fully saturated rings. The van der Waals surface area contributed by atoms with Gasteiger partial charge in [0.25, 0.3) is 5.91 Å². The first-order chi connectivity index (χ1) is 12.8. The summed E-state index contributed by atoms with van der Waals surface area (Å²) in [5.41, 5.74) is 2.95. The van der Waals surface area contributed by atoms with Gasteiger partial charge in [-0.2, -0.15) is 0 Å². The summed E-state index contributed by atoms with van der Waals surface area (Å²) in [6.45, 7) is 7.27. The molecule has 0 saturated carbocycles. The van der Waals surface area contributed by atoms with Gasteiger partial charge in [0, 0.05) is 30.1 Å². The molecule has 2 amide bonds. The quantitative estimate of drug-likeness (QED) is 0.752. The van der Waals surface area contributed by atoms with E-state index < -0.39 is 0 Å². The van der Waals surface area contributed by atoms with Crippen molar-refractivity contribution in [1.82, 2.24) is 10.6 Å². The van der Waals surface area contributed by atoms with Gasteiger partial charge in [-0.15, -0.1) is 0 Å². The number of hydrogen-bond donors (Lipinski definition) is 2. The van der Waals surface area contributed by atoms with Crippen molar-refractivity contribution in [3.8, 4) is 0 Å². The molecule has 144 valence electrons. The van der Waals surface area contributed by atoms with Gasteiger partial charge in [-0.25, -0.2) is 0 Å². The smallest absolute Gasteiger partial charge is 0.251 e. The van der Waals surface area contributed by atoms with Gasteiger partial charge in [0.05, 0.1) is 0 Å². The van der Waals surface area contributed by atoms with Crippen LogP contribution in [0.5, 0.6) is 0 Å². The zero-order valence-electron chi connectivity index (χ0n) is 16.1. The first-order valence-corrected chi connectivity index (χ1v) is 9.53. The lowest BCUT2D eigenvalue weighted by molar-refractivity contribution is -0.120. The Balaban J connectivity index is 1.68. The largest absolute Gasteiger partial charge is 0.356 e. The lowest BCUT2D eigenvalue weighted by atomic mass is 9.87. The molecule has 2 aromatic carbocycles. The zero-order chi connectivity index (χ0) is 19.9. The Morgan fingerprint density at radius 3 is 2.11 bits per heavy atom. The molecule has 2 aromatic rings. The van der Waals surface area contributed by atoms with E-state index in [-0.39, 0.29) is 23.7 Å². The van der Waals surface area contributed by atoms with Crippen molar-refractivity contribution in [3.63, 3.8) is 0 Å². The van der Waals surface area contributed by atoms with E-state index in [0.717, 1.165) is 12.0 Å². The van der Waals surface area contributed by atoms with Gasteiger partial charge in [-0.3, -0.25) is 9.59 Å². The Hall–Kier alpha value is -2.33. The number of amides is 2. The van der Waals surface area contributed by atoms with E-state index in [4.69, 9.17) is 11.6 Å². The average molecular weight is 387 g/mol. The van der Waals surface area contributed by atoms with Crippen LogP contribution >= 0.6 is 11.6 Å². The lowest BCUT2D eigenvalue weighted by Crippen LogP contribution is -2.31. The normalized spacial score (nSPS) is 11.1. The molecule has 0 radical (unpaired) electrons. The molecule has 0 aliphatic heterocycles. The second kappa shape index (κ2) is 9.56. The van der Waals surface area contributed by atoms with Crippen LogP contribution < -0.4 is 10.6 Å². The van der Waals surface area contributed by atoms with Crippen molar-refractivity contribution in [3.05, 3.63) is 70.2 Å². The maximum atomic E-state index is 12.2. The molecule has 0 aliphatic rings. The van der Waals surface area contributed by atoms with Crippen LogP contribution in [0.1, 0.15) is 48.7 Å². The highest BCUT2D eigenvalue weighted by atomic mass is 35.5. The number of hydrogen-bond acceptors (Lipinski definition) is 2. The highest BCUT2D eigenvalue weighted by molar-refractivity contribution is 6.30. The highest BCUT2D eigenvalue weighted by Gasteiger charge is 2.14. The number of carbonyl (C=O) groups excluding carboxylic acids is 2. The average Bonchev–Trinajstić information content (AvgIpc) is 2.62. The third-order valence-electron chi connectivity index (χ3n) is 4.30. The number of rotatable bonds is 7. The second-order valence-electron chi connectivity index (χ2n) is 7.56. The van der Waals surface area contributed by atoms with Crippen molar-refractivity contribution in [2.45, 2.75) is 39.0 Å². The van der Waals surface area contributed by atoms with E-state index in [1.807, 2.05) is 48.5 Å². The summed E-state index contributed by atoms with van der Waals surface area (Å²) in [5, 5.41) is 6.35. The fourth-order valence-electron chi connectivity index (χ4n) is 2.60. The summed E-state index contributed by atoms with van der Waals surface area (Å²) in [4.78, 5) is 24.0. The summed E-state index contributed by atoms with van der Waals surface area (Å²) in [6.07, 6.45) is 1.00. The van der Waals surface area contributed by atoms with E-state index in [1.54, 1.807) is 0 Å². The minimum atomic E-state index is -0.163. The van der Waals surface area contributed by atoms with Gasteiger partial charge in [0.2, 0.25) is 5.91 Å². The van der Waals surface area contributed by atoms with Gasteiger partial charge in [0.15, 0.2) is 0 Å². The standard InChI is InChI=1S/C22H27ClN2O2/c1-22(2,3)18-8-6-17(7-9-18)21(27)25-15-13-20(26)24-14-12-16-4-10-19(23)11-5-16/h4-11H,12-15H2,1-3H3,(H,24,26)(H,25,27). The number of halogens is 1. The predicted octanol–water partition coefficient (Wildman–Crippen LogP) is 4.12. The van der Waals surface area contributed by atoms with E-state index in [9.17, 15) is 9.59 Å². The van der Waals surface area contributed by atoms with Crippen molar-refractivity contribution in [2.24, 2.45) is 0 Å². The monoisotopic (exact) mass is 386 g/mol. The third kappa shape index (κ3) is 7.06. The molecule has 0 saturated heterocycles. The predicted molar refractivity (Wildman–Crippen MR) is 110 cm³/mol. The van der Waals surface area contributed by atoms with Gasteiger partial charge >= 0.3 is 0 Å². The van der Waals surface area contributed by atoms with Crippen molar-refractivity contribution in [2.75, 3.05) is 13.1 Å². The Morgan fingerprint density at radius 2 is 1.52 bits per heavy atom. The minimum absolute atomic E-state index is 0.0547. The van der Waals surface area contributed by atoms with Crippen LogP contribution in [0, 0.1) is 0 Å². The summed E-state index contributed by atoms with van der Waals surface area (Å²) >= 11 is 5.85. The summed E-state index contributed by atoms with van der Waals surface area (Å²) in [5.74, 6) is -0.239. The molecular weight excluding hydrogens is 360 g/mol. The molecule has 0 atom stereocenters. The van der Waals surface area contributed by atoms with E-state index >= 15 is 0 Å². The van der Waals surface area contributed by atoms with Gasteiger partial charge in [-0.1, -0.05) is 56.6 Å². The van der Waals surface area contributed by atoms with Crippen LogP contribution in [0.2, 0.25) is 5.02 Å². The van der Waals surface area contributed by atoms with Crippen LogP contribution in [0.4, 0.5) is 0 Å². The molecule has 0 bridgehead atoms. The molecule has 2 rings (SSSR count). The van der Waals surface area contributed by atoms with Crippen LogP contribution in [0.3, 0.4) is 0 Å². The van der Waals surface area contributed by atoms with Gasteiger partial charge in [-0.05, 0) is 47.2 Å². The van der Waals surface area contributed by atoms with Gasteiger partial charge < -0.3 is 10.6 Å². The van der Waals surface area contributed by atoms with Crippen LogP contribution in [-0.4, -0.2) is 24.9 Å². The number of carbonyl (C=O) groups is 2. The fourth-order valence-corrected chi connectivity index (χ4v) is 2.72. The molecule has 4 nitrogen and oxygen atoms in total. The molecule has 0 spiro atoms. The SMILES string of the molecule is CC(C)(C)c1ccc(C(=O)NCCC(=O)NCCc2ccc(Cl)cc2)cc1. The van der Waals surface area contributed by atoms with E-state index in [0.29, 0.717) is 23.7 Å². The molecule has 27 heavy (non-hydrogen) atoms. The fraction of sp³-hybridized carbons (Fsp3) is 0.364. The number of nitrogens with one attached hydrogen (secondary N) is 2. The summed E-state index contributed by atoms with van der Waals surface area (Å²) in [6, 6.07) is 15.1. The van der Waals surface area contributed by atoms with Crippen LogP contribution in [0.15, 0.2) is 48.5 Å². The zero-order valence-corrected chi connectivity index (χ0v) is 16.9. The second-order valence-corrected chi connectivity index (χ2v) is 8.00. The maximum Gasteiger partial charge on any atom is 0.251 e. The van der Waals surface area contributed by atoms with Crippen LogP contribution in [0.25, 0.3) is 0 Å². The lowest BCUT2D eigenvalue weighted by Gasteiger charge is -2.19. The van der Waals surface area contributed by atoms with E-state index in [1.165, 1.54) is 5.56 Å². The van der Waals surface area contributed by atoms with Crippen molar-refractivity contribution in [1.29, 1.82) is 0 Å². The molecular formula is C22H27ClN2O2. The maximum absolute atomic E-state index is 12.2. The molecule has 2 N–H and O–H groups in total. The van der Waals surface area contributed by atoms with Gasteiger partial charge in [0.1, 0.15) is 0 Å². The van der Waals surface area contributed by atoms with E-state index in [2.05, 4.69) is 31.4 Å². The number of benzene rings is 2. The molecule has 0 aromatic heterocycles. The summed E-state index contributed by atoms with van der Waals surface area (Å²) < 4.78 is 0. The van der Waals surface area contributed by atoms with Crippen LogP contribution in [-0.2, 0) is 16.6 Å². The molecule has 0 unspecified atom stereocenters. The Labute approximate surface area is 166 Å². The third-order valence-corrected chi connectivity index (χ3v) is 4.55. The minimum Gasteiger partial charge on any atom is -0.356 e. The molecule has 5 heteroatoms. The Kier molecular flexibility index (Phi) is 7.43. The van der Waals surface area contributed by atoms with Crippen molar-refractivity contribution < 1.29 is 9.59 Å². The first kappa shape index (κ1) is 21.0. The Morgan fingerprint density at radius 1 is 0.889 bits per heavy atom. The topological polar surface area (TPSA) is 58.2 Å². The molecule has 0 heterocycles. The molecule has 0 aliphatic carbocycles. The summed E-state index contributed by atoms with van der Waals surface area (Å²) in [7, 11) is 0. The van der Waals surface area contributed by atoms with Crippen molar-refractivity contribution >= 4 is 23.4 Å². The Bertz CT molecular complexity index is 762.